The molecule has 0 radical (unpaired) electrons. The molecule has 1 aromatic carbocycles. The van der Waals surface area contributed by atoms with Gasteiger partial charge in [-0.2, -0.15) is 0 Å². The monoisotopic (exact) mass is 276 g/mol. The zero-order valence-electron chi connectivity index (χ0n) is 10.3. The first-order valence-electron chi connectivity index (χ1n) is 5.66. The van der Waals surface area contributed by atoms with Gasteiger partial charge in [0.25, 0.3) is 0 Å². The number of hydrogen-bond donors (Lipinski definition) is 2. The lowest BCUT2D eigenvalue weighted by molar-refractivity contribution is -0.274. The van der Waals surface area contributed by atoms with Gasteiger partial charge in [0.05, 0.1) is 6.04 Å². The fourth-order valence-electron chi connectivity index (χ4n) is 1.35. The Balaban J connectivity index is 2.42. The summed E-state index contributed by atoms with van der Waals surface area (Å²) < 4.78 is 39.5. The summed E-state index contributed by atoms with van der Waals surface area (Å²) in [4.78, 5) is 11.2. The average molecular weight is 276 g/mol. The number of carbonyl (C=O) groups excluding carboxylic acids is 1. The molecule has 0 bridgehead atoms. The lowest BCUT2D eigenvalue weighted by Crippen LogP contribution is -2.39. The normalized spacial score (nSPS) is 12.9. The standard InChI is InChI=1S/C12H15F3N2O2/c1-8(16)11(18)17-7-6-9-2-4-10(5-3-9)19-12(13,14)15/h2-5,8H,6-7,16H2,1H3,(H,17,18)/t8-/m1/s1. The Bertz CT molecular complexity index is 416. The van der Waals surface area contributed by atoms with E-state index in [0.717, 1.165) is 5.56 Å². The summed E-state index contributed by atoms with van der Waals surface area (Å²) in [6, 6.07) is 4.91. The Labute approximate surface area is 108 Å². The largest absolute Gasteiger partial charge is 0.573 e. The number of rotatable bonds is 5. The second-order valence-electron chi connectivity index (χ2n) is 4.02. The summed E-state index contributed by atoms with van der Waals surface area (Å²) in [6.07, 6.45) is -4.18. The van der Waals surface area contributed by atoms with Crippen molar-refractivity contribution in [3.8, 4) is 5.75 Å². The molecule has 0 unspecified atom stereocenters. The molecule has 0 spiro atoms. The summed E-state index contributed by atoms with van der Waals surface area (Å²) in [7, 11) is 0. The minimum atomic E-state index is -4.69. The van der Waals surface area contributed by atoms with E-state index in [1.807, 2.05) is 0 Å². The van der Waals surface area contributed by atoms with Crippen LogP contribution in [0, 0.1) is 0 Å². The third-order valence-electron chi connectivity index (χ3n) is 2.28. The topological polar surface area (TPSA) is 64.4 Å². The van der Waals surface area contributed by atoms with Crippen LogP contribution in [-0.2, 0) is 11.2 Å². The Kier molecular flexibility index (Phi) is 5.17. The van der Waals surface area contributed by atoms with Crippen molar-refractivity contribution in [3.05, 3.63) is 29.8 Å². The van der Waals surface area contributed by atoms with Gasteiger partial charge < -0.3 is 15.8 Å². The number of carbonyl (C=O) groups is 1. The van der Waals surface area contributed by atoms with Crippen molar-refractivity contribution in [1.29, 1.82) is 0 Å². The number of halogens is 3. The fourth-order valence-corrected chi connectivity index (χ4v) is 1.35. The minimum Gasteiger partial charge on any atom is -0.406 e. The van der Waals surface area contributed by atoms with Crippen LogP contribution in [0.25, 0.3) is 0 Å². The van der Waals surface area contributed by atoms with E-state index >= 15 is 0 Å². The highest BCUT2D eigenvalue weighted by Gasteiger charge is 2.30. The molecule has 1 rings (SSSR count). The molecule has 0 aliphatic rings. The maximum atomic E-state index is 11.9. The highest BCUT2D eigenvalue weighted by atomic mass is 19.4. The molecule has 1 aromatic rings. The summed E-state index contributed by atoms with van der Waals surface area (Å²) in [5.41, 5.74) is 6.15. The maximum Gasteiger partial charge on any atom is 0.573 e. The number of nitrogens with two attached hydrogens (primary N) is 1. The van der Waals surface area contributed by atoms with Gasteiger partial charge in [-0.1, -0.05) is 12.1 Å². The van der Waals surface area contributed by atoms with Gasteiger partial charge in [-0.15, -0.1) is 13.2 Å². The van der Waals surface area contributed by atoms with E-state index < -0.39 is 12.4 Å². The third-order valence-corrected chi connectivity index (χ3v) is 2.28. The number of alkyl halides is 3. The molecule has 1 amide bonds. The molecule has 0 aliphatic heterocycles. The average Bonchev–Trinajstić information content (AvgIpc) is 2.29. The first-order valence-corrected chi connectivity index (χ1v) is 5.66. The van der Waals surface area contributed by atoms with Crippen LogP contribution in [0.15, 0.2) is 24.3 Å². The van der Waals surface area contributed by atoms with Crippen LogP contribution in [0.4, 0.5) is 13.2 Å². The van der Waals surface area contributed by atoms with Crippen LogP contribution in [0.1, 0.15) is 12.5 Å². The highest BCUT2D eigenvalue weighted by molar-refractivity contribution is 5.80. The quantitative estimate of drug-likeness (QED) is 0.858. The van der Waals surface area contributed by atoms with Crippen molar-refractivity contribution in [2.24, 2.45) is 5.73 Å². The van der Waals surface area contributed by atoms with Crippen molar-refractivity contribution in [1.82, 2.24) is 5.32 Å². The van der Waals surface area contributed by atoms with E-state index in [9.17, 15) is 18.0 Å². The van der Waals surface area contributed by atoms with Crippen LogP contribution in [0.2, 0.25) is 0 Å². The summed E-state index contributed by atoms with van der Waals surface area (Å²) in [6.45, 7) is 1.94. The molecule has 3 N–H and O–H groups in total. The smallest absolute Gasteiger partial charge is 0.406 e. The van der Waals surface area contributed by atoms with Gasteiger partial charge in [0, 0.05) is 6.54 Å². The van der Waals surface area contributed by atoms with E-state index in [0.29, 0.717) is 13.0 Å². The van der Waals surface area contributed by atoms with E-state index in [2.05, 4.69) is 10.1 Å². The van der Waals surface area contributed by atoms with Gasteiger partial charge in [0.15, 0.2) is 0 Å². The number of hydrogen-bond acceptors (Lipinski definition) is 3. The summed E-state index contributed by atoms with van der Waals surface area (Å²) in [5.74, 6) is -0.534. The predicted octanol–water partition coefficient (Wildman–Crippen LogP) is 1.59. The van der Waals surface area contributed by atoms with Crippen molar-refractivity contribution < 1.29 is 22.7 Å². The lowest BCUT2D eigenvalue weighted by atomic mass is 10.1. The molecule has 0 saturated heterocycles. The van der Waals surface area contributed by atoms with Gasteiger partial charge >= 0.3 is 6.36 Å². The molecule has 0 saturated carbocycles. The molecule has 106 valence electrons. The highest BCUT2D eigenvalue weighted by Crippen LogP contribution is 2.22. The van der Waals surface area contributed by atoms with Gasteiger partial charge in [-0.05, 0) is 31.0 Å². The zero-order chi connectivity index (χ0) is 14.5. The molecule has 0 aliphatic carbocycles. The molecule has 1 atom stereocenters. The van der Waals surface area contributed by atoms with Crippen molar-refractivity contribution in [2.45, 2.75) is 25.7 Å². The molecule has 4 nitrogen and oxygen atoms in total. The van der Waals surface area contributed by atoms with E-state index in [1.54, 1.807) is 6.92 Å². The molecular weight excluding hydrogens is 261 g/mol. The van der Waals surface area contributed by atoms with Crippen molar-refractivity contribution in [2.75, 3.05) is 6.54 Å². The first kappa shape index (κ1) is 15.3. The van der Waals surface area contributed by atoms with Gasteiger partial charge in [-0.25, -0.2) is 0 Å². The number of nitrogens with one attached hydrogen (secondary N) is 1. The van der Waals surface area contributed by atoms with Crippen LogP contribution in [0.3, 0.4) is 0 Å². The Morgan fingerprint density at radius 3 is 2.42 bits per heavy atom. The summed E-state index contributed by atoms with van der Waals surface area (Å²) in [5, 5.41) is 2.61. The number of amides is 1. The molecule has 0 fully saturated rings. The third kappa shape index (κ3) is 6.10. The van der Waals surface area contributed by atoms with E-state index in [1.165, 1.54) is 24.3 Å². The van der Waals surface area contributed by atoms with Gasteiger partial charge in [0.1, 0.15) is 5.75 Å². The lowest BCUT2D eigenvalue weighted by Gasteiger charge is -2.10. The number of ether oxygens (including phenoxy) is 1. The molecular formula is C12H15F3N2O2. The Hall–Kier alpha value is -1.76. The van der Waals surface area contributed by atoms with E-state index in [4.69, 9.17) is 5.73 Å². The number of benzene rings is 1. The van der Waals surface area contributed by atoms with Crippen LogP contribution in [-0.4, -0.2) is 24.9 Å². The fraction of sp³-hybridized carbons (Fsp3) is 0.417. The van der Waals surface area contributed by atoms with Gasteiger partial charge in [0.2, 0.25) is 5.91 Å². The second kappa shape index (κ2) is 6.42. The molecule has 19 heavy (non-hydrogen) atoms. The van der Waals surface area contributed by atoms with Gasteiger partial charge in [-0.3, -0.25) is 4.79 Å². The Morgan fingerprint density at radius 1 is 1.37 bits per heavy atom. The second-order valence-corrected chi connectivity index (χ2v) is 4.02. The maximum absolute atomic E-state index is 11.9. The van der Waals surface area contributed by atoms with Crippen molar-refractivity contribution >= 4 is 5.91 Å². The van der Waals surface area contributed by atoms with Crippen LogP contribution < -0.4 is 15.8 Å². The van der Waals surface area contributed by atoms with Crippen LogP contribution >= 0.6 is 0 Å². The molecule has 7 heteroatoms. The molecule has 0 heterocycles. The zero-order valence-corrected chi connectivity index (χ0v) is 10.3. The van der Waals surface area contributed by atoms with E-state index in [-0.39, 0.29) is 11.7 Å². The minimum absolute atomic E-state index is 0.267. The van der Waals surface area contributed by atoms with Crippen LogP contribution in [0.5, 0.6) is 5.75 Å². The summed E-state index contributed by atoms with van der Waals surface area (Å²) >= 11 is 0. The Morgan fingerprint density at radius 2 is 1.95 bits per heavy atom. The predicted molar refractivity (Wildman–Crippen MR) is 63.5 cm³/mol. The molecule has 0 aromatic heterocycles. The van der Waals surface area contributed by atoms with Crippen molar-refractivity contribution in [3.63, 3.8) is 0 Å². The first-order chi connectivity index (χ1) is 8.78. The SMILES string of the molecule is C[C@@H](N)C(=O)NCCc1ccc(OC(F)(F)F)cc1.